The molecule has 1 atom stereocenters. The number of nitrogens with one attached hydrogen (secondary N) is 1. The summed E-state index contributed by atoms with van der Waals surface area (Å²) in [7, 11) is 0. The number of hydrogen-bond acceptors (Lipinski definition) is 3. The van der Waals surface area contributed by atoms with Crippen molar-refractivity contribution in [2.75, 3.05) is 13.1 Å². The second-order valence-corrected chi connectivity index (χ2v) is 7.66. The van der Waals surface area contributed by atoms with Crippen molar-refractivity contribution in [1.29, 1.82) is 0 Å². The van der Waals surface area contributed by atoms with Crippen LogP contribution in [0.15, 0.2) is 60.8 Å². The Bertz CT molecular complexity index is 956. The Morgan fingerprint density at radius 3 is 2.29 bits per heavy atom. The molecule has 5 heteroatoms. The first kappa shape index (κ1) is 17.2. The zero-order chi connectivity index (χ0) is 18.9. The first-order valence-electron chi connectivity index (χ1n) is 10.0. The number of rotatable bonds is 2. The first-order valence-corrected chi connectivity index (χ1v) is 10.0. The minimum atomic E-state index is -0.00553. The van der Waals surface area contributed by atoms with Gasteiger partial charge >= 0.3 is 0 Å². The van der Waals surface area contributed by atoms with Crippen molar-refractivity contribution in [2.24, 2.45) is 0 Å². The molecule has 3 heterocycles. The van der Waals surface area contributed by atoms with Crippen LogP contribution in [0.2, 0.25) is 0 Å². The monoisotopic (exact) mass is 372 g/mol. The Balaban J connectivity index is 1.45. The van der Waals surface area contributed by atoms with E-state index in [-0.39, 0.29) is 5.91 Å². The van der Waals surface area contributed by atoms with Gasteiger partial charge in [-0.15, -0.1) is 0 Å². The lowest BCUT2D eigenvalue weighted by atomic mass is 9.97. The van der Waals surface area contributed by atoms with Gasteiger partial charge in [0.1, 0.15) is 5.69 Å². The van der Waals surface area contributed by atoms with Crippen LogP contribution in [0.25, 0.3) is 11.1 Å². The number of carbonyl (C=O) groups is 1. The van der Waals surface area contributed by atoms with Crippen LogP contribution in [0.3, 0.4) is 0 Å². The Morgan fingerprint density at radius 1 is 0.964 bits per heavy atom. The average molecular weight is 372 g/mol. The van der Waals surface area contributed by atoms with Crippen molar-refractivity contribution in [3.05, 3.63) is 77.6 Å². The number of aromatic nitrogens is 2. The zero-order valence-electron chi connectivity index (χ0n) is 15.8. The highest BCUT2D eigenvalue weighted by Crippen LogP contribution is 2.32. The van der Waals surface area contributed by atoms with Gasteiger partial charge in [0.25, 0.3) is 5.91 Å². The van der Waals surface area contributed by atoms with E-state index >= 15 is 0 Å². The minimum absolute atomic E-state index is 0.00553. The summed E-state index contributed by atoms with van der Waals surface area (Å²) in [5, 5.41) is 8.05. The van der Waals surface area contributed by atoms with Crippen molar-refractivity contribution >= 4 is 5.91 Å². The number of piperidine rings is 1. The molecule has 2 aliphatic rings. The van der Waals surface area contributed by atoms with Gasteiger partial charge < -0.3 is 10.2 Å². The number of amides is 1. The van der Waals surface area contributed by atoms with Gasteiger partial charge in [-0.1, -0.05) is 48.5 Å². The van der Waals surface area contributed by atoms with Gasteiger partial charge in [0.05, 0.1) is 6.04 Å². The maximum atomic E-state index is 13.3. The molecule has 5 rings (SSSR count). The van der Waals surface area contributed by atoms with E-state index in [2.05, 4.69) is 46.8 Å². The van der Waals surface area contributed by atoms with Crippen molar-refractivity contribution in [1.82, 2.24) is 20.0 Å². The predicted molar refractivity (Wildman–Crippen MR) is 109 cm³/mol. The molecular weight excluding hydrogens is 348 g/mol. The van der Waals surface area contributed by atoms with Gasteiger partial charge in [0, 0.05) is 25.8 Å². The summed E-state index contributed by atoms with van der Waals surface area (Å²) in [6, 6.07) is 18.9. The van der Waals surface area contributed by atoms with Crippen LogP contribution in [-0.4, -0.2) is 33.7 Å². The third-order valence-electron chi connectivity index (χ3n) is 5.81. The molecule has 3 aromatic rings. The maximum absolute atomic E-state index is 13.3. The number of carbonyl (C=O) groups excluding carboxylic acids is 1. The summed E-state index contributed by atoms with van der Waals surface area (Å²) >= 11 is 0. The molecule has 2 aliphatic heterocycles. The van der Waals surface area contributed by atoms with E-state index in [0.717, 1.165) is 25.9 Å². The predicted octanol–water partition coefficient (Wildman–Crippen LogP) is 3.63. The van der Waals surface area contributed by atoms with E-state index in [0.29, 0.717) is 24.8 Å². The molecule has 142 valence electrons. The highest BCUT2D eigenvalue weighted by atomic mass is 16.2. The van der Waals surface area contributed by atoms with Crippen LogP contribution in [0.5, 0.6) is 0 Å². The normalized spacial score (nSPS) is 18.9. The average Bonchev–Trinajstić information content (AvgIpc) is 3.18. The largest absolute Gasteiger partial charge is 0.329 e. The highest BCUT2D eigenvalue weighted by Gasteiger charge is 2.25. The fourth-order valence-electron chi connectivity index (χ4n) is 4.33. The fraction of sp³-hybridized carbons (Fsp3) is 0.304. The van der Waals surface area contributed by atoms with Gasteiger partial charge in [-0.2, -0.15) is 5.10 Å². The Labute approximate surface area is 165 Å². The molecule has 1 saturated heterocycles. The molecule has 0 aliphatic carbocycles. The molecule has 5 nitrogen and oxygen atoms in total. The molecule has 0 spiro atoms. The van der Waals surface area contributed by atoms with E-state index in [1.165, 1.54) is 22.3 Å². The molecule has 1 fully saturated rings. The van der Waals surface area contributed by atoms with Gasteiger partial charge in [-0.25, -0.2) is 0 Å². The Morgan fingerprint density at radius 2 is 1.64 bits per heavy atom. The molecule has 1 aromatic heterocycles. The second-order valence-electron chi connectivity index (χ2n) is 7.66. The van der Waals surface area contributed by atoms with Crippen LogP contribution >= 0.6 is 0 Å². The lowest BCUT2D eigenvalue weighted by Gasteiger charge is -2.23. The summed E-state index contributed by atoms with van der Waals surface area (Å²) < 4.78 is 1.96. The van der Waals surface area contributed by atoms with E-state index < -0.39 is 0 Å². The van der Waals surface area contributed by atoms with Crippen molar-refractivity contribution in [3.63, 3.8) is 0 Å². The topological polar surface area (TPSA) is 50.2 Å². The van der Waals surface area contributed by atoms with E-state index in [9.17, 15) is 4.79 Å². The van der Waals surface area contributed by atoms with Gasteiger partial charge in [-0.3, -0.25) is 9.48 Å². The third kappa shape index (κ3) is 3.12. The number of hydrogen-bond donors (Lipinski definition) is 1. The van der Waals surface area contributed by atoms with Crippen molar-refractivity contribution < 1.29 is 4.79 Å². The van der Waals surface area contributed by atoms with Gasteiger partial charge in [0.2, 0.25) is 0 Å². The molecule has 1 unspecified atom stereocenters. The van der Waals surface area contributed by atoms with Crippen molar-refractivity contribution in [2.45, 2.75) is 32.0 Å². The van der Waals surface area contributed by atoms with Gasteiger partial charge in [-0.05, 0) is 47.7 Å². The summed E-state index contributed by atoms with van der Waals surface area (Å²) in [4.78, 5) is 15.2. The number of nitrogens with zero attached hydrogens (tertiary/aromatic N) is 3. The van der Waals surface area contributed by atoms with Crippen LogP contribution in [0.4, 0.5) is 0 Å². The van der Waals surface area contributed by atoms with Crippen LogP contribution in [-0.2, 0) is 13.1 Å². The summed E-state index contributed by atoms with van der Waals surface area (Å²) in [6.07, 6.45) is 4.20. The molecule has 0 saturated carbocycles. The molecule has 0 bridgehead atoms. The third-order valence-corrected chi connectivity index (χ3v) is 5.81. The molecular formula is C23H24N4O. The highest BCUT2D eigenvalue weighted by molar-refractivity contribution is 5.92. The number of fused-ring (bicyclic) bond motifs is 3. The number of benzene rings is 2. The quantitative estimate of drug-likeness (QED) is 0.747. The van der Waals surface area contributed by atoms with Crippen molar-refractivity contribution in [3.8, 4) is 11.1 Å². The SMILES string of the molecule is O=C(c1ccn(C2CCCNC2)n1)N1Cc2ccccc2-c2ccccc2C1. The molecule has 1 amide bonds. The standard InChI is InChI=1S/C23H24N4O/c28-23(22-11-13-27(25-22)19-8-5-12-24-14-19)26-15-17-6-1-3-9-20(17)21-10-4-2-7-18(21)16-26/h1-4,6-7,9-11,13,19,24H,5,8,12,14-16H2. The van der Waals surface area contributed by atoms with Gasteiger partial charge in [0.15, 0.2) is 0 Å². The van der Waals surface area contributed by atoms with E-state index in [4.69, 9.17) is 0 Å². The zero-order valence-corrected chi connectivity index (χ0v) is 15.8. The van der Waals surface area contributed by atoms with Crippen LogP contribution in [0.1, 0.15) is 40.5 Å². The van der Waals surface area contributed by atoms with Crippen LogP contribution < -0.4 is 5.32 Å². The minimum Gasteiger partial charge on any atom is -0.329 e. The lowest BCUT2D eigenvalue weighted by molar-refractivity contribution is 0.0724. The van der Waals surface area contributed by atoms with E-state index in [1.807, 2.05) is 34.0 Å². The smallest absolute Gasteiger partial charge is 0.274 e. The molecule has 28 heavy (non-hydrogen) atoms. The fourth-order valence-corrected chi connectivity index (χ4v) is 4.33. The molecule has 0 radical (unpaired) electrons. The first-order chi connectivity index (χ1) is 13.8. The lowest BCUT2D eigenvalue weighted by Crippen LogP contribution is -2.32. The Hall–Kier alpha value is -2.92. The molecule has 1 N–H and O–H groups in total. The van der Waals surface area contributed by atoms with E-state index in [1.54, 1.807) is 0 Å². The summed E-state index contributed by atoms with van der Waals surface area (Å²) in [6.45, 7) is 3.18. The maximum Gasteiger partial charge on any atom is 0.274 e. The van der Waals surface area contributed by atoms with Crippen LogP contribution in [0, 0.1) is 0 Å². The second kappa shape index (κ2) is 7.24. The Kier molecular flexibility index (Phi) is 4.45. The molecule has 2 aromatic carbocycles. The summed E-state index contributed by atoms with van der Waals surface area (Å²) in [5.74, 6) is -0.00553. The summed E-state index contributed by atoms with van der Waals surface area (Å²) in [5.41, 5.74) is 5.32.